The molecule has 0 radical (unpaired) electrons. The number of nitrogens with zero attached hydrogens (tertiary/aromatic N) is 2. The minimum Gasteiger partial charge on any atom is -0.495 e. The molecule has 21 heavy (non-hydrogen) atoms. The van der Waals surface area contributed by atoms with Gasteiger partial charge in [0.25, 0.3) is 0 Å². The van der Waals surface area contributed by atoms with Crippen LogP contribution in [0.25, 0.3) is 0 Å². The summed E-state index contributed by atoms with van der Waals surface area (Å²) in [5.41, 5.74) is 6.83. The van der Waals surface area contributed by atoms with Gasteiger partial charge >= 0.3 is 5.97 Å². The van der Waals surface area contributed by atoms with E-state index in [1.54, 1.807) is 31.2 Å². The molecule has 0 amide bonds. The molecule has 7 nitrogen and oxygen atoms in total. The van der Waals surface area contributed by atoms with Crippen LogP contribution in [0.2, 0.25) is 0 Å². The number of nitrogens with two attached hydrogens (primary N) is 1. The average Bonchev–Trinajstić information content (AvgIpc) is 2.46. The average molecular weight is 289 g/mol. The van der Waals surface area contributed by atoms with Crippen LogP contribution in [0, 0.1) is 6.92 Å². The van der Waals surface area contributed by atoms with Gasteiger partial charge in [-0.05, 0) is 19.1 Å². The number of rotatable bonds is 4. The fourth-order valence-corrected chi connectivity index (χ4v) is 1.67. The van der Waals surface area contributed by atoms with Crippen molar-refractivity contribution >= 4 is 11.7 Å². The Morgan fingerprint density at radius 1 is 1.19 bits per heavy atom. The Kier molecular flexibility index (Phi) is 4.22. The fraction of sp³-hybridized carbons (Fsp3) is 0.214. The largest absolute Gasteiger partial charge is 0.495 e. The summed E-state index contributed by atoms with van der Waals surface area (Å²) in [4.78, 5) is 19.4. The Balaban J connectivity index is 2.29. The molecule has 2 rings (SSSR count). The number of carbonyl (C=O) groups is 1. The van der Waals surface area contributed by atoms with Crippen LogP contribution in [0.15, 0.2) is 24.3 Å². The van der Waals surface area contributed by atoms with Gasteiger partial charge in [-0.3, -0.25) is 0 Å². The van der Waals surface area contributed by atoms with Crippen molar-refractivity contribution in [2.45, 2.75) is 6.92 Å². The Labute approximate surface area is 121 Å². The van der Waals surface area contributed by atoms with Crippen LogP contribution >= 0.6 is 0 Å². The third-order valence-electron chi connectivity index (χ3n) is 2.62. The van der Waals surface area contributed by atoms with E-state index in [0.29, 0.717) is 22.9 Å². The van der Waals surface area contributed by atoms with Crippen molar-refractivity contribution in [3.63, 3.8) is 0 Å². The zero-order chi connectivity index (χ0) is 15.4. The number of carbonyl (C=O) groups excluding carboxylic acids is 1. The predicted octanol–water partition coefficient (Wildman–Crippen LogP) is 1.95. The van der Waals surface area contributed by atoms with Crippen LogP contribution in [0.3, 0.4) is 0 Å². The standard InChI is InChI=1S/C14H15N3O4/c1-8-6-12(17-13(16-8)14(18)20-3)21-9-4-5-11(19-2)10(15)7-9/h4-7H,15H2,1-3H3. The lowest BCUT2D eigenvalue weighted by Gasteiger charge is -2.09. The Bertz CT molecular complexity index is 673. The van der Waals surface area contributed by atoms with Crippen LogP contribution in [-0.2, 0) is 4.74 Å². The second kappa shape index (κ2) is 6.08. The molecule has 7 heteroatoms. The predicted molar refractivity (Wildman–Crippen MR) is 75.6 cm³/mol. The number of hydrogen-bond donors (Lipinski definition) is 1. The molecular formula is C14H15N3O4. The maximum absolute atomic E-state index is 11.5. The van der Waals surface area contributed by atoms with Gasteiger partial charge in [0.1, 0.15) is 11.5 Å². The lowest BCUT2D eigenvalue weighted by molar-refractivity contribution is 0.0585. The van der Waals surface area contributed by atoms with Crippen LogP contribution in [0.4, 0.5) is 5.69 Å². The van der Waals surface area contributed by atoms with Crippen molar-refractivity contribution in [2.24, 2.45) is 0 Å². The third kappa shape index (κ3) is 3.38. The molecule has 0 saturated carbocycles. The van der Waals surface area contributed by atoms with Crippen molar-refractivity contribution in [3.05, 3.63) is 35.8 Å². The van der Waals surface area contributed by atoms with E-state index in [9.17, 15) is 4.79 Å². The number of hydrogen-bond acceptors (Lipinski definition) is 7. The lowest BCUT2D eigenvalue weighted by Crippen LogP contribution is -2.09. The summed E-state index contributed by atoms with van der Waals surface area (Å²) in [7, 11) is 2.79. The molecule has 2 N–H and O–H groups in total. The summed E-state index contributed by atoms with van der Waals surface area (Å²) in [5.74, 6) is 0.568. The molecule has 0 aliphatic rings. The van der Waals surface area contributed by atoms with E-state index in [0.717, 1.165) is 0 Å². The summed E-state index contributed by atoms with van der Waals surface area (Å²) < 4.78 is 15.2. The van der Waals surface area contributed by atoms with Gasteiger partial charge in [0.05, 0.1) is 19.9 Å². The Morgan fingerprint density at radius 3 is 2.57 bits per heavy atom. The molecule has 110 valence electrons. The monoisotopic (exact) mass is 289 g/mol. The van der Waals surface area contributed by atoms with E-state index in [1.165, 1.54) is 14.2 Å². The van der Waals surface area contributed by atoms with Gasteiger partial charge in [-0.1, -0.05) is 0 Å². The number of esters is 1. The van der Waals surface area contributed by atoms with E-state index in [-0.39, 0.29) is 11.7 Å². The number of benzene rings is 1. The van der Waals surface area contributed by atoms with Gasteiger partial charge in [-0.2, -0.15) is 4.98 Å². The molecule has 1 aromatic heterocycles. The number of nitrogen functional groups attached to an aromatic ring is 1. The van der Waals surface area contributed by atoms with Crippen molar-refractivity contribution in [1.82, 2.24) is 9.97 Å². The normalized spacial score (nSPS) is 10.0. The van der Waals surface area contributed by atoms with Gasteiger partial charge in [-0.25, -0.2) is 9.78 Å². The number of methoxy groups -OCH3 is 2. The van der Waals surface area contributed by atoms with Gasteiger partial charge in [0, 0.05) is 17.8 Å². The Hall–Kier alpha value is -2.83. The highest BCUT2D eigenvalue weighted by Gasteiger charge is 2.13. The highest BCUT2D eigenvalue weighted by Crippen LogP contribution is 2.28. The highest BCUT2D eigenvalue weighted by atomic mass is 16.5. The molecule has 1 aromatic carbocycles. The zero-order valence-corrected chi connectivity index (χ0v) is 11.9. The lowest BCUT2D eigenvalue weighted by atomic mass is 10.3. The molecule has 0 aliphatic carbocycles. The summed E-state index contributed by atoms with van der Waals surface area (Å²) in [5, 5.41) is 0. The molecule has 0 spiro atoms. The Morgan fingerprint density at radius 2 is 1.95 bits per heavy atom. The molecule has 0 saturated heterocycles. The second-order valence-corrected chi connectivity index (χ2v) is 4.17. The zero-order valence-electron chi connectivity index (χ0n) is 11.9. The molecule has 0 atom stereocenters. The molecular weight excluding hydrogens is 274 g/mol. The maximum atomic E-state index is 11.5. The molecule has 0 fully saturated rings. The van der Waals surface area contributed by atoms with Crippen LogP contribution in [0.1, 0.15) is 16.3 Å². The topological polar surface area (TPSA) is 96.6 Å². The third-order valence-corrected chi connectivity index (χ3v) is 2.62. The number of aryl methyl sites for hydroxylation is 1. The molecule has 0 unspecified atom stereocenters. The van der Waals surface area contributed by atoms with Gasteiger partial charge in [-0.15, -0.1) is 0 Å². The minimum absolute atomic E-state index is 0.0611. The number of aromatic nitrogens is 2. The summed E-state index contributed by atoms with van der Waals surface area (Å²) in [6, 6.07) is 6.57. The van der Waals surface area contributed by atoms with Crippen molar-refractivity contribution < 1.29 is 19.0 Å². The molecule has 0 aliphatic heterocycles. The minimum atomic E-state index is -0.627. The second-order valence-electron chi connectivity index (χ2n) is 4.17. The summed E-state index contributed by atoms with van der Waals surface area (Å²) in [6.07, 6.45) is 0. The van der Waals surface area contributed by atoms with Crippen LogP contribution in [-0.4, -0.2) is 30.2 Å². The van der Waals surface area contributed by atoms with Crippen LogP contribution < -0.4 is 15.2 Å². The first-order valence-corrected chi connectivity index (χ1v) is 6.09. The van der Waals surface area contributed by atoms with E-state index in [2.05, 4.69) is 14.7 Å². The number of anilines is 1. The van der Waals surface area contributed by atoms with Gasteiger partial charge in [0.2, 0.25) is 11.7 Å². The maximum Gasteiger partial charge on any atom is 0.376 e. The summed E-state index contributed by atoms with van der Waals surface area (Å²) in [6.45, 7) is 1.73. The quantitative estimate of drug-likeness (QED) is 0.678. The van der Waals surface area contributed by atoms with Crippen molar-refractivity contribution in [1.29, 1.82) is 0 Å². The first kappa shape index (κ1) is 14.6. The molecule has 2 aromatic rings. The molecule has 1 heterocycles. The first-order chi connectivity index (χ1) is 10.0. The van der Waals surface area contributed by atoms with E-state index >= 15 is 0 Å². The van der Waals surface area contributed by atoms with Crippen LogP contribution in [0.5, 0.6) is 17.4 Å². The van der Waals surface area contributed by atoms with Gasteiger partial charge in [0.15, 0.2) is 0 Å². The SMILES string of the molecule is COC(=O)c1nc(C)cc(Oc2ccc(OC)c(N)c2)n1. The van der Waals surface area contributed by atoms with Gasteiger partial charge < -0.3 is 19.9 Å². The van der Waals surface area contributed by atoms with E-state index in [4.69, 9.17) is 15.2 Å². The van der Waals surface area contributed by atoms with E-state index < -0.39 is 5.97 Å². The van der Waals surface area contributed by atoms with Crippen molar-refractivity contribution in [3.8, 4) is 17.4 Å². The smallest absolute Gasteiger partial charge is 0.376 e. The first-order valence-electron chi connectivity index (χ1n) is 6.09. The van der Waals surface area contributed by atoms with E-state index in [1.807, 2.05) is 0 Å². The van der Waals surface area contributed by atoms with Crippen molar-refractivity contribution in [2.75, 3.05) is 20.0 Å². The fourth-order valence-electron chi connectivity index (χ4n) is 1.67. The molecule has 0 bridgehead atoms. The number of ether oxygens (including phenoxy) is 3. The highest BCUT2D eigenvalue weighted by molar-refractivity contribution is 5.85. The summed E-state index contributed by atoms with van der Waals surface area (Å²) >= 11 is 0.